The Labute approximate surface area is 79.1 Å². The Morgan fingerprint density at radius 2 is 2.23 bits per heavy atom. The molecule has 13 heavy (non-hydrogen) atoms. The van der Waals surface area contributed by atoms with Crippen molar-refractivity contribution in [1.29, 1.82) is 0 Å². The second-order valence-corrected chi connectivity index (χ2v) is 3.95. The highest BCUT2D eigenvalue weighted by atomic mass is 16.2. The van der Waals surface area contributed by atoms with E-state index < -0.39 is 0 Å². The first-order valence-electron chi connectivity index (χ1n) is 4.87. The summed E-state index contributed by atoms with van der Waals surface area (Å²) >= 11 is 0. The Balaban J connectivity index is 2.52. The van der Waals surface area contributed by atoms with Crippen LogP contribution in [-0.4, -0.2) is 29.7 Å². The molecule has 1 atom stereocenters. The number of hydrogen-bond donors (Lipinski definition) is 0. The Hall–Kier alpha value is -0.860. The van der Waals surface area contributed by atoms with Crippen molar-refractivity contribution in [3.63, 3.8) is 0 Å². The van der Waals surface area contributed by atoms with E-state index in [-0.39, 0.29) is 11.7 Å². The second-order valence-electron chi connectivity index (χ2n) is 3.95. The predicted molar refractivity (Wildman–Crippen MR) is 50.3 cm³/mol. The van der Waals surface area contributed by atoms with Gasteiger partial charge in [0.05, 0.1) is 6.54 Å². The zero-order valence-electron chi connectivity index (χ0n) is 8.38. The van der Waals surface area contributed by atoms with E-state index in [2.05, 4.69) is 6.92 Å². The monoisotopic (exact) mass is 183 g/mol. The Morgan fingerprint density at radius 3 is 2.85 bits per heavy atom. The third kappa shape index (κ3) is 3.17. The van der Waals surface area contributed by atoms with Gasteiger partial charge < -0.3 is 4.90 Å². The van der Waals surface area contributed by atoms with Crippen molar-refractivity contribution in [2.75, 3.05) is 13.1 Å². The molecule has 1 aliphatic rings. The summed E-state index contributed by atoms with van der Waals surface area (Å²) in [6.45, 7) is 4.73. The first-order valence-corrected chi connectivity index (χ1v) is 4.87. The van der Waals surface area contributed by atoms with Crippen LogP contribution in [0, 0.1) is 5.92 Å². The lowest BCUT2D eigenvalue weighted by Gasteiger charge is -2.18. The van der Waals surface area contributed by atoms with Crippen LogP contribution in [0.15, 0.2) is 0 Å². The smallest absolute Gasteiger partial charge is 0.222 e. The Bertz CT molecular complexity index is 213. The summed E-state index contributed by atoms with van der Waals surface area (Å²) in [5.74, 6) is 0.823. The number of carbonyl (C=O) groups is 2. The van der Waals surface area contributed by atoms with Crippen LogP contribution < -0.4 is 0 Å². The van der Waals surface area contributed by atoms with Crippen molar-refractivity contribution in [2.24, 2.45) is 5.92 Å². The average Bonchev–Trinajstić information content (AvgIpc) is 2.19. The summed E-state index contributed by atoms with van der Waals surface area (Å²) < 4.78 is 0. The minimum Gasteiger partial charge on any atom is -0.335 e. The van der Waals surface area contributed by atoms with E-state index >= 15 is 0 Å². The van der Waals surface area contributed by atoms with Crippen molar-refractivity contribution in [2.45, 2.75) is 33.1 Å². The third-order valence-electron chi connectivity index (χ3n) is 2.51. The molecule has 1 saturated heterocycles. The van der Waals surface area contributed by atoms with Crippen LogP contribution in [0.25, 0.3) is 0 Å². The maximum absolute atomic E-state index is 11.5. The summed E-state index contributed by atoms with van der Waals surface area (Å²) in [5, 5.41) is 0. The number of likely N-dealkylation sites (tertiary alicyclic amines) is 1. The first kappa shape index (κ1) is 10.2. The molecule has 0 N–H and O–H groups in total. The molecule has 0 aliphatic carbocycles. The van der Waals surface area contributed by atoms with Crippen LogP contribution in [-0.2, 0) is 9.59 Å². The molecule has 1 rings (SSSR count). The maximum Gasteiger partial charge on any atom is 0.222 e. The van der Waals surface area contributed by atoms with Gasteiger partial charge in [0.15, 0.2) is 0 Å². The van der Waals surface area contributed by atoms with Gasteiger partial charge in [-0.3, -0.25) is 9.59 Å². The lowest BCUT2D eigenvalue weighted by atomic mass is 10.0. The molecule has 1 amide bonds. The van der Waals surface area contributed by atoms with E-state index in [0.717, 1.165) is 19.4 Å². The molecule has 0 aromatic heterocycles. The SMILES string of the molecule is CC(=O)CN1CCC(C)CCC1=O. The van der Waals surface area contributed by atoms with E-state index in [1.807, 2.05) is 0 Å². The molecule has 3 heteroatoms. The van der Waals surface area contributed by atoms with Gasteiger partial charge in [-0.15, -0.1) is 0 Å². The quantitative estimate of drug-likeness (QED) is 0.645. The molecule has 0 bridgehead atoms. The van der Waals surface area contributed by atoms with Crippen LogP contribution in [0.3, 0.4) is 0 Å². The molecule has 0 saturated carbocycles. The zero-order chi connectivity index (χ0) is 9.84. The van der Waals surface area contributed by atoms with Crippen LogP contribution in [0.1, 0.15) is 33.1 Å². The van der Waals surface area contributed by atoms with Gasteiger partial charge >= 0.3 is 0 Å². The lowest BCUT2D eigenvalue weighted by Crippen LogP contribution is -2.34. The predicted octanol–water partition coefficient (Wildman–Crippen LogP) is 1.22. The molecule has 0 radical (unpaired) electrons. The molecule has 74 valence electrons. The summed E-state index contributed by atoms with van der Waals surface area (Å²) in [6.07, 6.45) is 2.60. The van der Waals surface area contributed by atoms with Crippen LogP contribution >= 0.6 is 0 Å². The fraction of sp³-hybridized carbons (Fsp3) is 0.800. The lowest BCUT2D eigenvalue weighted by molar-refractivity contribution is -0.134. The van der Waals surface area contributed by atoms with Gasteiger partial charge in [0.1, 0.15) is 5.78 Å². The van der Waals surface area contributed by atoms with Gasteiger partial charge in [-0.25, -0.2) is 0 Å². The highest BCUT2D eigenvalue weighted by molar-refractivity contribution is 5.84. The van der Waals surface area contributed by atoms with Crippen LogP contribution in [0.4, 0.5) is 0 Å². The van der Waals surface area contributed by atoms with Crippen LogP contribution in [0.2, 0.25) is 0 Å². The van der Waals surface area contributed by atoms with Crippen molar-refractivity contribution >= 4 is 11.7 Å². The summed E-state index contributed by atoms with van der Waals surface area (Å²) in [4.78, 5) is 24.0. The molecular formula is C10H17NO2. The number of carbonyl (C=O) groups excluding carboxylic acids is 2. The van der Waals surface area contributed by atoms with E-state index in [1.54, 1.807) is 4.90 Å². The number of ketones is 1. The molecule has 1 fully saturated rings. The highest BCUT2D eigenvalue weighted by Gasteiger charge is 2.20. The van der Waals surface area contributed by atoms with Gasteiger partial charge in [-0.1, -0.05) is 6.92 Å². The molecule has 0 spiro atoms. The molecule has 1 aliphatic heterocycles. The van der Waals surface area contributed by atoms with E-state index in [0.29, 0.717) is 18.9 Å². The molecular weight excluding hydrogens is 166 g/mol. The van der Waals surface area contributed by atoms with Crippen molar-refractivity contribution in [3.05, 3.63) is 0 Å². The normalized spacial score (nSPS) is 24.3. The largest absolute Gasteiger partial charge is 0.335 e. The standard InChI is InChI=1S/C10H17NO2/c1-8-3-4-10(13)11(6-5-8)7-9(2)12/h8H,3-7H2,1-2H3. The summed E-state index contributed by atoms with van der Waals surface area (Å²) in [6, 6.07) is 0. The van der Waals surface area contributed by atoms with Gasteiger partial charge in [-0.2, -0.15) is 0 Å². The number of Topliss-reactive ketones (excluding diaryl/α,β-unsaturated/α-hetero) is 1. The number of hydrogen-bond acceptors (Lipinski definition) is 2. The Morgan fingerprint density at radius 1 is 1.54 bits per heavy atom. The van der Waals surface area contributed by atoms with Crippen molar-refractivity contribution in [3.8, 4) is 0 Å². The topological polar surface area (TPSA) is 37.4 Å². The minimum absolute atomic E-state index is 0.0721. The van der Waals surface area contributed by atoms with Gasteiger partial charge in [0, 0.05) is 13.0 Å². The van der Waals surface area contributed by atoms with Gasteiger partial charge in [-0.05, 0) is 25.7 Å². The second kappa shape index (κ2) is 4.40. The molecule has 3 nitrogen and oxygen atoms in total. The fourth-order valence-corrected chi connectivity index (χ4v) is 1.61. The molecule has 0 aromatic rings. The van der Waals surface area contributed by atoms with Crippen LogP contribution in [0.5, 0.6) is 0 Å². The summed E-state index contributed by atoms with van der Waals surface area (Å²) in [5.41, 5.74) is 0. The van der Waals surface area contributed by atoms with E-state index in [1.165, 1.54) is 6.92 Å². The number of rotatable bonds is 2. The van der Waals surface area contributed by atoms with E-state index in [4.69, 9.17) is 0 Å². The highest BCUT2D eigenvalue weighted by Crippen LogP contribution is 2.17. The average molecular weight is 183 g/mol. The summed E-state index contributed by atoms with van der Waals surface area (Å²) in [7, 11) is 0. The third-order valence-corrected chi connectivity index (χ3v) is 2.51. The maximum atomic E-state index is 11.5. The number of amides is 1. The molecule has 1 unspecified atom stereocenters. The van der Waals surface area contributed by atoms with Crippen molar-refractivity contribution < 1.29 is 9.59 Å². The zero-order valence-corrected chi connectivity index (χ0v) is 8.38. The molecule has 1 heterocycles. The Kier molecular flexibility index (Phi) is 3.46. The van der Waals surface area contributed by atoms with Gasteiger partial charge in [0.25, 0.3) is 0 Å². The fourth-order valence-electron chi connectivity index (χ4n) is 1.61. The molecule has 0 aromatic carbocycles. The van der Waals surface area contributed by atoms with Crippen molar-refractivity contribution in [1.82, 2.24) is 4.90 Å². The van der Waals surface area contributed by atoms with Gasteiger partial charge in [0.2, 0.25) is 5.91 Å². The minimum atomic E-state index is 0.0721. The first-order chi connectivity index (χ1) is 6.09. The van der Waals surface area contributed by atoms with E-state index in [9.17, 15) is 9.59 Å². The number of nitrogens with zero attached hydrogens (tertiary/aromatic N) is 1.